The van der Waals surface area contributed by atoms with Crippen LogP contribution < -0.4 is 10.2 Å². The van der Waals surface area contributed by atoms with Crippen LogP contribution in [0.4, 0.5) is 0 Å². The molecule has 18 heavy (non-hydrogen) atoms. The van der Waals surface area contributed by atoms with E-state index in [-0.39, 0.29) is 12.7 Å². The number of hydrogen-bond donors (Lipinski definition) is 2. The van der Waals surface area contributed by atoms with E-state index >= 15 is 0 Å². The predicted octanol–water partition coefficient (Wildman–Crippen LogP) is 0.925. The van der Waals surface area contributed by atoms with Crippen molar-refractivity contribution < 1.29 is 19.5 Å². The van der Waals surface area contributed by atoms with Crippen molar-refractivity contribution >= 4 is 12.6 Å². The lowest BCUT2D eigenvalue weighted by molar-refractivity contribution is 0.186. The number of aliphatic hydroxyl groups is 1. The van der Waals surface area contributed by atoms with Crippen LogP contribution in [0.25, 0.3) is 0 Å². The molecule has 98 valence electrons. The van der Waals surface area contributed by atoms with Crippen LogP contribution in [-0.4, -0.2) is 30.5 Å². The summed E-state index contributed by atoms with van der Waals surface area (Å²) in [7, 11) is -0.908. The van der Waals surface area contributed by atoms with Crippen molar-refractivity contribution in [3.63, 3.8) is 0 Å². The van der Waals surface area contributed by atoms with Crippen LogP contribution in [0.15, 0.2) is 12.1 Å². The van der Waals surface area contributed by atoms with E-state index in [9.17, 15) is 5.02 Å². The van der Waals surface area contributed by atoms with Gasteiger partial charge < -0.3 is 19.5 Å². The van der Waals surface area contributed by atoms with E-state index in [1.54, 1.807) is 0 Å². The van der Waals surface area contributed by atoms with Crippen molar-refractivity contribution in [2.45, 2.75) is 32.8 Å². The lowest BCUT2D eigenvalue weighted by Crippen LogP contribution is -2.30. The smallest absolute Gasteiger partial charge is 0.494 e. The van der Waals surface area contributed by atoms with Gasteiger partial charge in [0.1, 0.15) is 5.75 Å². The Morgan fingerprint density at radius 3 is 2.89 bits per heavy atom. The van der Waals surface area contributed by atoms with Crippen molar-refractivity contribution in [2.24, 2.45) is 0 Å². The van der Waals surface area contributed by atoms with Gasteiger partial charge in [0, 0.05) is 18.5 Å². The molecule has 0 bridgehead atoms. The molecule has 1 atom stereocenters. The van der Waals surface area contributed by atoms with Crippen molar-refractivity contribution in [3.8, 4) is 5.75 Å². The summed E-state index contributed by atoms with van der Waals surface area (Å²) in [5, 5.41) is 18.8. The zero-order chi connectivity index (χ0) is 13.1. The summed E-state index contributed by atoms with van der Waals surface area (Å²) in [4.78, 5) is 0. The molecule has 0 aromatic heterocycles. The molecule has 2 rings (SSSR count). The first-order valence-electron chi connectivity index (χ1n) is 6.39. The van der Waals surface area contributed by atoms with Crippen LogP contribution >= 0.6 is 0 Å². The normalized spacial score (nSPS) is 18.0. The topological polar surface area (TPSA) is 58.9 Å². The van der Waals surface area contributed by atoms with Crippen LogP contribution in [0, 0.1) is 6.92 Å². The molecule has 4 nitrogen and oxygen atoms in total. The van der Waals surface area contributed by atoms with Gasteiger partial charge in [0.25, 0.3) is 0 Å². The summed E-state index contributed by atoms with van der Waals surface area (Å²) in [5.41, 5.74) is 2.74. The third-order valence-electron chi connectivity index (χ3n) is 3.23. The Morgan fingerprint density at radius 1 is 1.44 bits per heavy atom. The number of hydrogen-bond acceptors (Lipinski definition) is 4. The third kappa shape index (κ3) is 2.39. The molecule has 1 aromatic rings. The van der Waals surface area contributed by atoms with Gasteiger partial charge in [-0.3, -0.25) is 0 Å². The molecule has 1 heterocycles. The second kappa shape index (κ2) is 5.74. The van der Waals surface area contributed by atoms with Gasteiger partial charge >= 0.3 is 7.12 Å². The van der Waals surface area contributed by atoms with E-state index in [0.717, 1.165) is 23.0 Å². The minimum absolute atomic E-state index is 0.0595. The van der Waals surface area contributed by atoms with E-state index in [1.165, 1.54) is 0 Å². The summed E-state index contributed by atoms with van der Waals surface area (Å²) < 4.78 is 11.2. The molecule has 0 spiro atoms. The van der Waals surface area contributed by atoms with Gasteiger partial charge in [-0.25, -0.2) is 0 Å². The molecular formula is C13H19BO4. The van der Waals surface area contributed by atoms with Crippen LogP contribution in [-0.2, 0) is 4.65 Å². The molecular weight excluding hydrogens is 231 g/mol. The molecule has 5 heteroatoms. The fourth-order valence-corrected chi connectivity index (χ4v) is 2.30. The van der Waals surface area contributed by atoms with Crippen LogP contribution in [0.1, 0.15) is 37.0 Å². The Labute approximate surface area is 108 Å². The highest BCUT2D eigenvalue weighted by molar-refractivity contribution is 6.63. The second-order valence-electron chi connectivity index (χ2n) is 4.53. The van der Waals surface area contributed by atoms with Gasteiger partial charge in [0.15, 0.2) is 0 Å². The molecule has 0 fully saturated rings. The van der Waals surface area contributed by atoms with Gasteiger partial charge in [-0.1, -0.05) is 19.1 Å². The lowest BCUT2D eigenvalue weighted by atomic mass is 9.77. The summed E-state index contributed by atoms with van der Waals surface area (Å²) >= 11 is 0. The summed E-state index contributed by atoms with van der Waals surface area (Å²) in [6.45, 7) is 4.52. The fourth-order valence-electron chi connectivity index (χ4n) is 2.30. The van der Waals surface area contributed by atoms with E-state index in [1.807, 2.05) is 26.0 Å². The largest absolute Gasteiger partial charge is 0.495 e. The molecule has 0 aliphatic carbocycles. The Kier molecular flexibility index (Phi) is 4.27. The molecule has 0 saturated heterocycles. The van der Waals surface area contributed by atoms with Gasteiger partial charge in [0.05, 0.1) is 12.7 Å². The van der Waals surface area contributed by atoms with Crippen molar-refractivity contribution in [1.82, 2.24) is 0 Å². The van der Waals surface area contributed by atoms with E-state index in [2.05, 4.69) is 0 Å². The highest BCUT2D eigenvalue weighted by Crippen LogP contribution is 2.31. The van der Waals surface area contributed by atoms with Crippen LogP contribution in [0.5, 0.6) is 5.75 Å². The van der Waals surface area contributed by atoms with Crippen LogP contribution in [0.3, 0.4) is 0 Å². The van der Waals surface area contributed by atoms with Crippen molar-refractivity contribution in [2.75, 3.05) is 13.2 Å². The Hall–Kier alpha value is -1.04. The Balaban J connectivity index is 2.31. The molecule has 1 aromatic carbocycles. The molecule has 0 radical (unpaired) electrons. The maximum Gasteiger partial charge on any atom is 0.495 e. The molecule has 1 aliphatic heterocycles. The highest BCUT2D eigenvalue weighted by atomic mass is 16.5. The van der Waals surface area contributed by atoms with Crippen molar-refractivity contribution in [3.05, 3.63) is 23.3 Å². The maximum atomic E-state index is 9.99. The number of ether oxygens (including phenoxy) is 1. The summed E-state index contributed by atoms with van der Waals surface area (Å²) in [6.07, 6.45) is 1.34. The van der Waals surface area contributed by atoms with E-state index in [4.69, 9.17) is 14.5 Å². The maximum absolute atomic E-state index is 9.99. The fraction of sp³-hybridized carbons (Fsp3) is 0.538. The molecule has 2 N–H and O–H groups in total. The Bertz CT molecular complexity index is 422. The molecule has 0 saturated carbocycles. The lowest BCUT2D eigenvalue weighted by Gasteiger charge is -2.14. The molecule has 0 amide bonds. The quantitative estimate of drug-likeness (QED) is 0.602. The summed E-state index contributed by atoms with van der Waals surface area (Å²) in [6, 6.07) is 3.98. The summed E-state index contributed by atoms with van der Waals surface area (Å²) in [5.74, 6) is 0.699. The second-order valence-corrected chi connectivity index (χ2v) is 4.53. The predicted molar refractivity (Wildman–Crippen MR) is 70.1 cm³/mol. The zero-order valence-electron chi connectivity index (χ0n) is 10.8. The average molecular weight is 250 g/mol. The standard InChI is InChI=1S/C13H19BO4/c1-3-11-10-6-5-9(2)13(17-8-4-7-15)12(10)14(16)18-11/h5-6,11,15-16H,3-4,7-8H2,1-2H3. The number of fused-ring (bicyclic) bond motifs is 1. The highest BCUT2D eigenvalue weighted by Gasteiger charge is 2.37. The zero-order valence-corrected chi connectivity index (χ0v) is 10.8. The van der Waals surface area contributed by atoms with Crippen molar-refractivity contribution in [1.29, 1.82) is 0 Å². The first kappa shape index (κ1) is 13.4. The number of aryl methyl sites for hydroxylation is 1. The minimum atomic E-state index is -0.908. The van der Waals surface area contributed by atoms with Gasteiger partial charge in [0.2, 0.25) is 0 Å². The first-order valence-corrected chi connectivity index (χ1v) is 6.39. The van der Waals surface area contributed by atoms with E-state index < -0.39 is 7.12 Å². The van der Waals surface area contributed by atoms with Gasteiger partial charge in [-0.2, -0.15) is 0 Å². The third-order valence-corrected chi connectivity index (χ3v) is 3.23. The first-order chi connectivity index (χ1) is 8.69. The number of rotatable bonds is 5. The number of aliphatic hydroxyl groups excluding tert-OH is 1. The monoisotopic (exact) mass is 250 g/mol. The van der Waals surface area contributed by atoms with E-state index in [0.29, 0.717) is 18.8 Å². The molecule has 1 unspecified atom stereocenters. The van der Waals surface area contributed by atoms with Gasteiger partial charge in [-0.05, 0) is 24.5 Å². The minimum Gasteiger partial charge on any atom is -0.494 e. The number of benzene rings is 1. The average Bonchev–Trinajstić information content (AvgIpc) is 2.69. The van der Waals surface area contributed by atoms with Crippen LogP contribution in [0.2, 0.25) is 0 Å². The van der Waals surface area contributed by atoms with Gasteiger partial charge in [-0.15, -0.1) is 0 Å². The SMILES string of the molecule is CCC1OB(O)c2c1ccc(C)c2OCCCO. The molecule has 1 aliphatic rings. The Morgan fingerprint density at radius 2 is 2.22 bits per heavy atom.